The van der Waals surface area contributed by atoms with Crippen molar-refractivity contribution < 1.29 is 19.4 Å². The number of hydrogen-bond acceptors (Lipinski definition) is 3. The summed E-state index contributed by atoms with van der Waals surface area (Å²) in [5, 5.41) is 8.38. The lowest BCUT2D eigenvalue weighted by Crippen LogP contribution is -1.93. The molecule has 76 valence electrons. The van der Waals surface area contributed by atoms with E-state index in [1.165, 1.54) is 14.0 Å². The van der Waals surface area contributed by atoms with Gasteiger partial charge in [-0.1, -0.05) is 18.2 Å². The summed E-state index contributed by atoms with van der Waals surface area (Å²) in [5.74, 6) is -1.12. The average Bonchev–Trinajstić information content (AvgIpc) is 2.20. The summed E-state index contributed by atoms with van der Waals surface area (Å²) in [6.45, 7) is 1.36. The number of hydrogen-bond donors (Lipinski definition) is 1. The van der Waals surface area contributed by atoms with Crippen molar-refractivity contribution in [2.45, 2.75) is 6.92 Å². The van der Waals surface area contributed by atoms with Crippen LogP contribution in [0, 0.1) is 0 Å². The van der Waals surface area contributed by atoms with Gasteiger partial charge in [0.15, 0.2) is 0 Å². The van der Waals surface area contributed by atoms with Gasteiger partial charge in [-0.15, -0.1) is 0 Å². The Labute approximate surface area is 82.1 Å². The second kappa shape index (κ2) is 6.65. The third-order valence-electron chi connectivity index (χ3n) is 1.31. The second-order valence-electron chi connectivity index (χ2n) is 2.37. The number of methoxy groups -OCH3 is 1. The quantitative estimate of drug-likeness (QED) is 0.692. The van der Waals surface area contributed by atoms with Crippen molar-refractivity contribution in [2.75, 3.05) is 7.11 Å². The highest BCUT2D eigenvalue weighted by atomic mass is 16.5. The maximum absolute atomic E-state index is 10.2. The van der Waals surface area contributed by atoms with Gasteiger partial charge in [0.2, 0.25) is 0 Å². The van der Waals surface area contributed by atoms with E-state index in [9.17, 15) is 9.59 Å². The van der Waals surface area contributed by atoms with E-state index in [0.717, 1.165) is 0 Å². The zero-order chi connectivity index (χ0) is 11.0. The Morgan fingerprint density at radius 1 is 1.21 bits per heavy atom. The number of ether oxygens (including phenoxy) is 1. The molecule has 0 aliphatic rings. The van der Waals surface area contributed by atoms with E-state index in [4.69, 9.17) is 5.11 Å². The van der Waals surface area contributed by atoms with E-state index in [0.29, 0.717) is 5.56 Å². The molecule has 0 spiro atoms. The molecule has 0 heterocycles. The van der Waals surface area contributed by atoms with E-state index in [1.807, 2.05) is 0 Å². The van der Waals surface area contributed by atoms with Gasteiger partial charge in [-0.2, -0.15) is 0 Å². The first-order chi connectivity index (χ1) is 6.57. The number of carboxylic acid groups (broad SMARTS) is 1. The fourth-order valence-electron chi connectivity index (χ4n) is 0.581. The van der Waals surface area contributed by atoms with Crippen LogP contribution in [0.25, 0.3) is 0 Å². The van der Waals surface area contributed by atoms with Gasteiger partial charge in [-0.25, -0.2) is 4.79 Å². The molecule has 1 aromatic rings. The van der Waals surface area contributed by atoms with Gasteiger partial charge in [0.05, 0.1) is 12.7 Å². The van der Waals surface area contributed by atoms with Gasteiger partial charge in [-0.3, -0.25) is 4.79 Å². The molecule has 0 saturated heterocycles. The summed E-state index contributed by atoms with van der Waals surface area (Å²) >= 11 is 0. The first-order valence-electron chi connectivity index (χ1n) is 3.90. The lowest BCUT2D eigenvalue weighted by atomic mass is 10.2. The van der Waals surface area contributed by atoms with Crippen LogP contribution in [0.3, 0.4) is 0 Å². The predicted octanol–water partition coefficient (Wildman–Crippen LogP) is 1.56. The summed E-state index contributed by atoms with van der Waals surface area (Å²) in [6.07, 6.45) is 0. The molecule has 4 heteroatoms. The molecule has 1 N–H and O–H groups in total. The summed E-state index contributed by atoms with van der Waals surface area (Å²) < 4.78 is 4.11. The number of aromatic carboxylic acids is 1. The third-order valence-corrected chi connectivity index (χ3v) is 1.31. The molecular formula is C10H12O4. The van der Waals surface area contributed by atoms with Crippen LogP contribution >= 0.6 is 0 Å². The van der Waals surface area contributed by atoms with Crippen molar-refractivity contribution in [1.29, 1.82) is 0 Å². The Balaban J connectivity index is 0.000000292. The minimum absolute atomic E-state index is 0.245. The number of carbonyl (C=O) groups excluding carboxylic acids is 1. The van der Waals surface area contributed by atoms with Crippen LogP contribution in [-0.2, 0) is 9.53 Å². The number of carboxylic acids is 1. The predicted molar refractivity (Wildman–Crippen MR) is 51.1 cm³/mol. The lowest BCUT2D eigenvalue weighted by Gasteiger charge is -1.88. The fraction of sp³-hybridized carbons (Fsp3) is 0.200. The zero-order valence-electron chi connectivity index (χ0n) is 8.06. The van der Waals surface area contributed by atoms with Crippen molar-refractivity contribution in [1.82, 2.24) is 0 Å². The van der Waals surface area contributed by atoms with E-state index in [-0.39, 0.29) is 5.97 Å². The highest BCUT2D eigenvalue weighted by Crippen LogP contribution is 1.96. The van der Waals surface area contributed by atoms with Gasteiger partial charge >= 0.3 is 11.9 Å². The van der Waals surface area contributed by atoms with Crippen molar-refractivity contribution in [2.24, 2.45) is 0 Å². The summed E-state index contributed by atoms with van der Waals surface area (Å²) in [4.78, 5) is 19.8. The molecule has 0 aliphatic carbocycles. The molecule has 0 bridgehead atoms. The number of esters is 1. The largest absolute Gasteiger partial charge is 0.478 e. The summed E-state index contributed by atoms with van der Waals surface area (Å²) in [6, 6.07) is 8.30. The molecule has 0 unspecified atom stereocenters. The summed E-state index contributed by atoms with van der Waals surface area (Å²) in [7, 11) is 1.35. The molecule has 0 atom stereocenters. The third kappa shape index (κ3) is 5.77. The fourth-order valence-corrected chi connectivity index (χ4v) is 0.581. The Morgan fingerprint density at radius 2 is 1.64 bits per heavy atom. The standard InChI is InChI=1S/C7H6O2.C3H6O2/c8-7(9)6-4-2-1-3-5-6;1-3(4)5-2/h1-5H,(H,8,9);1-2H3. The Kier molecular flexibility index (Phi) is 5.78. The van der Waals surface area contributed by atoms with Crippen LogP contribution in [0.2, 0.25) is 0 Å². The van der Waals surface area contributed by atoms with Crippen molar-refractivity contribution >= 4 is 11.9 Å². The van der Waals surface area contributed by atoms with Crippen molar-refractivity contribution in [3.8, 4) is 0 Å². The van der Waals surface area contributed by atoms with Gasteiger partial charge in [0, 0.05) is 6.92 Å². The Bertz CT molecular complexity index is 292. The maximum atomic E-state index is 10.2. The second-order valence-corrected chi connectivity index (χ2v) is 2.37. The van der Waals surface area contributed by atoms with Gasteiger partial charge in [0.25, 0.3) is 0 Å². The molecule has 0 radical (unpaired) electrons. The van der Waals surface area contributed by atoms with Crippen LogP contribution < -0.4 is 0 Å². The zero-order valence-corrected chi connectivity index (χ0v) is 8.06. The molecule has 0 saturated carbocycles. The van der Waals surface area contributed by atoms with Gasteiger partial charge in [0.1, 0.15) is 0 Å². The van der Waals surface area contributed by atoms with Crippen LogP contribution in [0.15, 0.2) is 30.3 Å². The first-order valence-corrected chi connectivity index (χ1v) is 3.90. The molecular weight excluding hydrogens is 184 g/mol. The van der Waals surface area contributed by atoms with Crippen LogP contribution in [0.4, 0.5) is 0 Å². The van der Waals surface area contributed by atoms with E-state index >= 15 is 0 Å². The Morgan fingerprint density at radius 3 is 1.86 bits per heavy atom. The van der Waals surface area contributed by atoms with Gasteiger partial charge < -0.3 is 9.84 Å². The van der Waals surface area contributed by atoms with Gasteiger partial charge in [-0.05, 0) is 12.1 Å². The molecule has 4 nitrogen and oxygen atoms in total. The smallest absolute Gasteiger partial charge is 0.335 e. The minimum Gasteiger partial charge on any atom is -0.478 e. The van der Waals surface area contributed by atoms with Crippen LogP contribution in [0.5, 0.6) is 0 Å². The average molecular weight is 196 g/mol. The SMILES string of the molecule is COC(C)=O.O=C(O)c1ccccc1. The molecule has 1 aromatic carbocycles. The number of benzene rings is 1. The highest BCUT2D eigenvalue weighted by Gasteiger charge is 1.96. The van der Waals surface area contributed by atoms with Crippen LogP contribution in [-0.4, -0.2) is 24.2 Å². The molecule has 0 fully saturated rings. The number of rotatable bonds is 1. The maximum Gasteiger partial charge on any atom is 0.335 e. The minimum atomic E-state index is -0.879. The number of carbonyl (C=O) groups is 2. The topological polar surface area (TPSA) is 63.6 Å². The summed E-state index contributed by atoms with van der Waals surface area (Å²) in [5.41, 5.74) is 0.331. The van der Waals surface area contributed by atoms with E-state index in [1.54, 1.807) is 30.3 Å². The van der Waals surface area contributed by atoms with Crippen LogP contribution in [0.1, 0.15) is 17.3 Å². The van der Waals surface area contributed by atoms with Crippen molar-refractivity contribution in [3.05, 3.63) is 35.9 Å². The highest BCUT2D eigenvalue weighted by molar-refractivity contribution is 5.87. The lowest BCUT2D eigenvalue weighted by molar-refractivity contribution is -0.137. The van der Waals surface area contributed by atoms with E-state index < -0.39 is 5.97 Å². The monoisotopic (exact) mass is 196 g/mol. The molecule has 0 amide bonds. The molecule has 0 aromatic heterocycles. The normalized spacial score (nSPS) is 8.14. The van der Waals surface area contributed by atoms with Crippen molar-refractivity contribution in [3.63, 3.8) is 0 Å². The molecule has 1 rings (SSSR count). The molecule has 14 heavy (non-hydrogen) atoms. The van der Waals surface area contributed by atoms with E-state index in [2.05, 4.69) is 4.74 Å². The first kappa shape index (κ1) is 12.2. The molecule has 0 aliphatic heterocycles. The Hall–Kier alpha value is -1.84.